The molecular weight excluding hydrogens is 1100 g/mol. The van der Waals surface area contributed by atoms with Gasteiger partial charge in [0.1, 0.15) is 53.6 Å². The van der Waals surface area contributed by atoms with Gasteiger partial charge in [-0.15, -0.1) is 20.4 Å². The number of ketones is 3. The second-order valence-corrected chi connectivity index (χ2v) is 17.7. The van der Waals surface area contributed by atoms with Crippen LogP contribution >= 0.6 is 0 Å². The number of ether oxygens (including phenoxy) is 5. The summed E-state index contributed by atoms with van der Waals surface area (Å²) in [6, 6.07) is 43.1. The van der Waals surface area contributed by atoms with Crippen molar-refractivity contribution in [2.45, 2.75) is 55.3 Å². The molecule has 0 atom stereocenters. The first-order chi connectivity index (χ1) is 40.1. The molecule has 4 N–H and O–H groups in total. The topological polar surface area (TPSA) is 344 Å². The zero-order valence-electron chi connectivity index (χ0n) is 47.1. The Morgan fingerprint density at radius 2 is 0.906 bits per heavy atom. The Balaban J connectivity index is 0.000000227. The third-order valence-corrected chi connectivity index (χ3v) is 12.5. The zero-order chi connectivity index (χ0) is 59.7. The summed E-state index contributed by atoms with van der Waals surface area (Å²) in [6.45, 7) is 8.64. The summed E-state index contributed by atoms with van der Waals surface area (Å²) in [7, 11) is 4.73. The maximum atomic E-state index is 12.6. The summed E-state index contributed by atoms with van der Waals surface area (Å²) in [5, 5.41) is 57.9. The number of tetrazole rings is 2. The maximum absolute atomic E-state index is 12.6. The van der Waals surface area contributed by atoms with Crippen LogP contribution in [0.2, 0.25) is 0 Å². The number of aromatic nitrogens is 11. The van der Waals surface area contributed by atoms with Crippen LogP contribution in [0.25, 0.3) is 56.1 Å². The van der Waals surface area contributed by atoms with E-state index in [9.17, 15) is 29.9 Å². The minimum Gasteiger partial charge on any atom is -0.503 e. The van der Waals surface area contributed by atoms with Crippen molar-refractivity contribution in [3.05, 3.63) is 194 Å². The van der Waals surface area contributed by atoms with Gasteiger partial charge in [-0.2, -0.15) is 15.7 Å². The molecule has 0 aliphatic rings. The quantitative estimate of drug-likeness (QED) is 0.0220. The second kappa shape index (κ2) is 30.5. The molecule has 0 bridgehead atoms. The van der Waals surface area contributed by atoms with Crippen LogP contribution in [0.3, 0.4) is 0 Å². The van der Waals surface area contributed by atoms with Crippen LogP contribution in [-0.2, 0) is 13.2 Å². The number of nitrogens with one attached hydrogen (secondary N) is 2. The van der Waals surface area contributed by atoms with Gasteiger partial charge in [0.15, 0.2) is 46.0 Å². The predicted molar refractivity (Wildman–Crippen MR) is 309 cm³/mol. The Kier molecular flexibility index (Phi) is 23.4. The summed E-state index contributed by atoms with van der Waals surface area (Å²) < 4.78 is 32.5. The molecule has 0 fully saturated rings. The van der Waals surface area contributed by atoms with E-state index in [1.165, 1.54) is 37.4 Å². The molecule has 0 aliphatic carbocycles. The zero-order valence-corrected chi connectivity index (χ0v) is 49.1. The van der Waals surface area contributed by atoms with Crippen molar-refractivity contribution < 1.29 is 77.8 Å². The van der Waals surface area contributed by atoms with E-state index in [0.717, 1.165) is 16.8 Å². The molecule has 0 unspecified atom stereocenters. The summed E-state index contributed by atoms with van der Waals surface area (Å²) in [6.07, 6.45) is 0. The van der Waals surface area contributed by atoms with Gasteiger partial charge >= 0.3 is 29.6 Å². The van der Waals surface area contributed by atoms with Gasteiger partial charge in [0.25, 0.3) is 0 Å². The van der Waals surface area contributed by atoms with Crippen LogP contribution < -0.4 is 53.2 Å². The number of nitrogens with zero attached hydrogens (tertiary/aromatic N) is 13. The van der Waals surface area contributed by atoms with E-state index in [0.29, 0.717) is 93.1 Å². The minimum atomic E-state index is -0.534. The summed E-state index contributed by atoms with van der Waals surface area (Å²) in [5.74, 6) is 1.72. The number of methoxy groups -OCH3 is 3. The van der Waals surface area contributed by atoms with Gasteiger partial charge < -0.3 is 49.5 Å². The standard InChI is InChI=1S/C22H21N5O3.C22H20N2O3.C14H13N5O4.CH4.N3.Na/c1-14-19(15(2)28)27(17-9-11-18(29-3)12-10-17)20(22-23-25-26-24-22)21(14)30-13-16-7-5-4-6-8-16;1-15-21(16(2)25)24(18-9-11-19(26-3)12-10-18)20(13-23)22(15)27-14-17-7-5-4-6-8-17;1-7(20)10-12(21)13(22)11(14-15-17-18-16-14)19(10)8-3-5-9(23-2)6-4-8;;1-3-2;/h4-12H,13H2,1-3H3,(H,23,24,25,26);4-12H,14H2,1-3H3;3-6,21-22H,1-2H3,(H,15,16,17,18);1H4;;/q;;;;-1;+1. The fourth-order valence-electron chi connectivity index (χ4n) is 8.86. The third-order valence-electron chi connectivity index (χ3n) is 12.5. The largest absolute Gasteiger partial charge is 1.00 e. The molecule has 5 aromatic heterocycles. The Morgan fingerprint density at radius 3 is 1.27 bits per heavy atom. The number of H-pyrrole nitrogens is 2. The van der Waals surface area contributed by atoms with Gasteiger partial charge in [-0.3, -0.25) is 28.4 Å². The number of nitriles is 1. The summed E-state index contributed by atoms with van der Waals surface area (Å²) in [5.41, 5.74) is 20.7. The number of Topliss-reactive ketones (excluding diaryl/α,β-unsaturated/α-hetero) is 3. The number of hydrogen-bond donors (Lipinski definition) is 4. The van der Waals surface area contributed by atoms with E-state index in [1.54, 1.807) is 62.1 Å². The van der Waals surface area contributed by atoms with E-state index in [4.69, 9.17) is 34.7 Å². The van der Waals surface area contributed by atoms with Gasteiger partial charge in [-0.05, 0) is 108 Å². The molecule has 0 spiro atoms. The Labute approximate surface area is 510 Å². The molecule has 85 heavy (non-hydrogen) atoms. The molecule has 5 aromatic carbocycles. The molecular formula is C59H58N15NaO10. The van der Waals surface area contributed by atoms with Gasteiger partial charge in [-0.25, -0.2) is 0 Å². The first-order valence-electron chi connectivity index (χ1n) is 24.9. The van der Waals surface area contributed by atoms with Crippen LogP contribution in [0.15, 0.2) is 133 Å². The summed E-state index contributed by atoms with van der Waals surface area (Å²) >= 11 is 0. The van der Waals surface area contributed by atoms with Gasteiger partial charge in [0, 0.05) is 49.0 Å². The second-order valence-electron chi connectivity index (χ2n) is 17.7. The normalized spacial score (nSPS) is 10.1. The number of aromatic hydroxyl groups is 2. The van der Waals surface area contributed by atoms with E-state index in [-0.39, 0.29) is 65.8 Å². The molecule has 5 heterocycles. The van der Waals surface area contributed by atoms with Crippen molar-refractivity contribution in [1.82, 2.24) is 54.9 Å². The molecule has 10 aromatic rings. The third kappa shape index (κ3) is 14.8. The number of carbonyl (C=O) groups excluding carboxylic acids is 3. The number of benzene rings is 5. The van der Waals surface area contributed by atoms with E-state index >= 15 is 0 Å². The van der Waals surface area contributed by atoms with Crippen LogP contribution in [0, 0.1) is 25.2 Å². The average molecular weight is 1160 g/mol. The molecule has 0 saturated heterocycles. The van der Waals surface area contributed by atoms with Crippen molar-refractivity contribution in [2.75, 3.05) is 21.3 Å². The first-order valence-corrected chi connectivity index (χ1v) is 24.9. The molecule has 430 valence electrons. The van der Waals surface area contributed by atoms with Gasteiger partial charge in [-0.1, -0.05) is 68.1 Å². The van der Waals surface area contributed by atoms with Crippen LogP contribution in [0.4, 0.5) is 0 Å². The number of aromatic amines is 2. The van der Waals surface area contributed by atoms with Crippen molar-refractivity contribution in [2.24, 2.45) is 0 Å². The van der Waals surface area contributed by atoms with Crippen LogP contribution in [0.5, 0.6) is 40.2 Å². The van der Waals surface area contributed by atoms with E-state index < -0.39 is 17.3 Å². The molecule has 0 radical (unpaired) electrons. The average Bonchev–Trinajstić information content (AvgIpc) is 1.94. The fraction of sp³-hybridized carbons (Fsp3) is 0.186. The SMILES string of the molecule is C.COc1ccc(-n2c(C#N)c(OCc3ccccc3)c(C)c2C(C)=O)cc1.COc1ccc(-n2c(C(C)=O)c(C)c(OCc3ccccc3)c2-c2nn[nH]n2)cc1.COc1ccc(-n2c(C(C)=O)c(O)c(O)c2-c2nn[nH]n2)cc1.[N-]=[N+]=[N-].[Na+]. The Bertz CT molecular complexity index is 3910. The number of rotatable bonds is 17. The monoisotopic (exact) mass is 1160 g/mol. The smallest absolute Gasteiger partial charge is 0.503 e. The van der Waals surface area contributed by atoms with Crippen LogP contribution in [-0.4, -0.2) is 104 Å². The van der Waals surface area contributed by atoms with Crippen molar-refractivity contribution in [1.29, 1.82) is 5.26 Å². The van der Waals surface area contributed by atoms with Crippen molar-refractivity contribution >= 4 is 17.3 Å². The van der Waals surface area contributed by atoms with Gasteiger partial charge in [0.05, 0.1) is 32.7 Å². The van der Waals surface area contributed by atoms with Gasteiger partial charge in [0.2, 0.25) is 11.6 Å². The van der Waals surface area contributed by atoms with Crippen molar-refractivity contribution in [3.63, 3.8) is 0 Å². The molecule has 0 aliphatic heterocycles. The molecule has 0 saturated carbocycles. The van der Waals surface area contributed by atoms with Crippen LogP contribution in [0.1, 0.15) is 87.6 Å². The first kappa shape index (κ1) is 65.3. The Morgan fingerprint density at radius 1 is 0.553 bits per heavy atom. The number of hydrogen-bond acceptors (Lipinski definition) is 17. The van der Waals surface area contributed by atoms with Crippen molar-refractivity contribution in [3.8, 4) is 86.4 Å². The van der Waals surface area contributed by atoms with E-state index in [2.05, 4.69) is 47.3 Å². The molecule has 10 rings (SSSR count). The number of carbonyl (C=O) groups is 3. The fourth-order valence-corrected chi connectivity index (χ4v) is 8.86. The molecule has 25 nitrogen and oxygen atoms in total. The minimum absolute atomic E-state index is 0. The van der Waals surface area contributed by atoms with E-state index in [1.807, 2.05) is 109 Å². The molecule has 0 amide bonds. The molecule has 26 heteroatoms. The summed E-state index contributed by atoms with van der Waals surface area (Å²) in [4.78, 5) is 38.4. The predicted octanol–water partition coefficient (Wildman–Crippen LogP) is 7.99. The Hall–Kier alpha value is -10.5. The maximum Gasteiger partial charge on any atom is 1.00 e.